The van der Waals surface area contributed by atoms with Crippen molar-refractivity contribution in [2.75, 3.05) is 17.4 Å². The first kappa shape index (κ1) is 19.0. The van der Waals surface area contributed by atoms with Crippen LogP contribution in [0.15, 0.2) is 53.6 Å². The number of halogens is 1. The van der Waals surface area contributed by atoms with E-state index in [1.54, 1.807) is 24.3 Å². The molecule has 0 unspecified atom stereocenters. The molecule has 1 aliphatic rings. The van der Waals surface area contributed by atoms with E-state index in [2.05, 4.69) is 15.7 Å². The molecule has 0 aliphatic carbocycles. The number of hydrazone groups is 1. The van der Waals surface area contributed by atoms with Gasteiger partial charge in [-0.05, 0) is 36.4 Å². The lowest BCUT2D eigenvalue weighted by atomic mass is 10.1. The molecular weight excluding hydrogens is 365 g/mol. The molecule has 3 amide bonds. The predicted octanol–water partition coefficient (Wildman–Crippen LogP) is 1.24. The maximum absolute atomic E-state index is 13.2. The Morgan fingerprint density at radius 1 is 1.11 bits per heavy atom. The second-order valence-corrected chi connectivity index (χ2v) is 6.07. The van der Waals surface area contributed by atoms with Crippen molar-refractivity contribution in [1.82, 2.24) is 5.32 Å². The van der Waals surface area contributed by atoms with Crippen LogP contribution in [0.25, 0.3) is 0 Å². The standard InChI is InChI=1S/C19H18FN5O3/c1-22-18(27)13-4-2-3-5-14(13)23-19(28)15-10-16(17(21)26)25(24-15)12-8-6-11(20)7-9-12/h2-9,16H,10H2,1H3,(H2,21,26)(H,22,27)(H,23,28)/t16-/m0/s1. The van der Waals surface area contributed by atoms with E-state index in [4.69, 9.17) is 5.73 Å². The molecule has 0 radical (unpaired) electrons. The summed E-state index contributed by atoms with van der Waals surface area (Å²) in [5.74, 6) is -2.02. The minimum absolute atomic E-state index is 0.0132. The van der Waals surface area contributed by atoms with E-state index in [1.807, 2.05) is 0 Å². The fraction of sp³-hybridized carbons (Fsp3) is 0.158. The predicted molar refractivity (Wildman–Crippen MR) is 102 cm³/mol. The van der Waals surface area contributed by atoms with Crippen LogP contribution in [0.2, 0.25) is 0 Å². The molecule has 0 saturated heterocycles. The van der Waals surface area contributed by atoms with Gasteiger partial charge in [0.2, 0.25) is 5.91 Å². The van der Waals surface area contributed by atoms with Gasteiger partial charge >= 0.3 is 0 Å². The second kappa shape index (κ2) is 7.87. The molecule has 3 rings (SSSR count). The first-order valence-electron chi connectivity index (χ1n) is 8.44. The van der Waals surface area contributed by atoms with E-state index < -0.39 is 23.7 Å². The Labute approximate surface area is 160 Å². The lowest BCUT2D eigenvalue weighted by Crippen LogP contribution is -2.39. The molecule has 4 N–H and O–H groups in total. The normalized spacial score (nSPS) is 15.7. The lowest BCUT2D eigenvalue weighted by Gasteiger charge is -2.20. The van der Waals surface area contributed by atoms with Gasteiger partial charge in [0.05, 0.1) is 16.9 Å². The van der Waals surface area contributed by atoms with Crippen LogP contribution in [0.3, 0.4) is 0 Å². The molecule has 0 bridgehead atoms. The summed E-state index contributed by atoms with van der Waals surface area (Å²) in [6, 6.07) is 11.0. The monoisotopic (exact) mass is 383 g/mol. The Hall–Kier alpha value is -3.75. The number of benzene rings is 2. The van der Waals surface area contributed by atoms with Crippen LogP contribution in [-0.4, -0.2) is 36.5 Å². The summed E-state index contributed by atoms with van der Waals surface area (Å²) in [7, 11) is 1.49. The highest BCUT2D eigenvalue weighted by atomic mass is 19.1. The van der Waals surface area contributed by atoms with Crippen LogP contribution < -0.4 is 21.4 Å². The molecule has 28 heavy (non-hydrogen) atoms. The molecule has 144 valence electrons. The molecule has 0 spiro atoms. The summed E-state index contributed by atoms with van der Waals surface area (Å²) in [6.45, 7) is 0. The molecule has 8 nitrogen and oxygen atoms in total. The lowest BCUT2D eigenvalue weighted by molar-refractivity contribution is -0.119. The Bertz CT molecular complexity index is 958. The molecule has 2 aromatic carbocycles. The number of para-hydroxylation sites is 1. The number of hydrogen-bond donors (Lipinski definition) is 3. The summed E-state index contributed by atoms with van der Waals surface area (Å²) in [5, 5.41) is 10.6. The van der Waals surface area contributed by atoms with Crippen molar-refractivity contribution in [3.05, 3.63) is 59.9 Å². The van der Waals surface area contributed by atoms with E-state index in [0.29, 0.717) is 16.9 Å². The van der Waals surface area contributed by atoms with Crippen molar-refractivity contribution in [3.63, 3.8) is 0 Å². The highest BCUT2D eigenvalue weighted by Crippen LogP contribution is 2.25. The van der Waals surface area contributed by atoms with Gasteiger partial charge in [-0.3, -0.25) is 19.4 Å². The van der Waals surface area contributed by atoms with Crippen LogP contribution in [-0.2, 0) is 9.59 Å². The van der Waals surface area contributed by atoms with Gasteiger partial charge in [0.1, 0.15) is 17.6 Å². The highest BCUT2D eigenvalue weighted by molar-refractivity contribution is 6.44. The topological polar surface area (TPSA) is 117 Å². The largest absolute Gasteiger partial charge is 0.368 e. The molecule has 0 fully saturated rings. The molecule has 1 aliphatic heterocycles. The van der Waals surface area contributed by atoms with Gasteiger partial charge in [0.25, 0.3) is 11.8 Å². The average molecular weight is 383 g/mol. The van der Waals surface area contributed by atoms with Crippen LogP contribution in [0.1, 0.15) is 16.8 Å². The minimum Gasteiger partial charge on any atom is -0.368 e. The zero-order chi connectivity index (χ0) is 20.3. The molecule has 9 heteroatoms. The van der Waals surface area contributed by atoms with E-state index in [1.165, 1.54) is 36.3 Å². The number of nitrogens with two attached hydrogens (primary N) is 1. The Balaban J connectivity index is 1.86. The van der Waals surface area contributed by atoms with Crippen LogP contribution in [0, 0.1) is 5.82 Å². The summed E-state index contributed by atoms with van der Waals surface area (Å²) >= 11 is 0. The fourth-order valence-electron chi connectivity index (χ4n) is 2.82. The second-order valence-electron chi connectivity index (χ2n) is 6.07. The number of carbonyl (C=O) groups is 3. The Morgan fingerprint density at radius 3 is 2.43 bits per heavy atom. The van der Waals surface area contributed by atoms with E-state index in [0.717, 1.165) is 0 Å². The number of nitrogens with one attached hydrogen (secondary N) is 2. The average Bonchev–Trinajstić information content (AvgIpc) is 3.14. The quantitative estimate of drug-likeness (QED) is 0.720. The molecular formula is C19H18FN5O3. The zero-order valence-electron chi connectivity index (χ0n) is 15.0. The molecule has 0 saturated carbocycles. The number of carbonyl (C=O) groups excluding carboxylic acids is 3. The van der Waals surface area contributed by atoms with Gasteiger partial charge in [-0.1, -0.05) is 12.1 Å². The Morgan fingerprint density at radius 2 is 1.79 bits per heavy atom. The summed E-state index contributed by atoms with van der Waals surface area (Å²) in [4.78, 5) is 36.4. The van der Waals surface area contributed by atoms with E-state index >= 15 is 0 Å². The molecule has 0 aromatic heterocycles. The number of nitrogens with zero attached hydrogens (tertiary/aromatic N) is 2. The van der Waals surface area contributed by atoms with Gasteiger partial charge in [-0.15, -0.1) is 0 Å². The van der Waals surface area contributed by atoms with Crippen molar-refractivity contribution >= 4 is 34.8 Å². The maximum atomic E-state index is 13.2. The fourth-order valence-corrected chi connectivity index (χ4v) is 2.82. The minimum atomic E-state index is -0.875. The van der Waals surface area contributed by atoms with Crippen LogP contribution in [0.5, 0.6) is 0 Å². The van der Waals surface area contributed by atoms with Gasteiger partial charge in [0.15, 0.2) is 0 Å². The van der Waals surface area contributed by atoms with Crippen molar-refractivity contribution in [2.45, 2.75) is 12.5 Å². The molecule has 2 aromatic rings. The third kappa shape index (κ3) is 3.83. The summed E-state index contributed by atoms with van der Waals surface area (Å²) < 4.78 is 13.2. The van der Waals surface area contributed by atoms with Gasteiger partial charge in [-0.25, -0.2) is 4.39 Å². The zero-order valence-corrected chi connectivity index (χ0v) is 15.0. The first-order chi connectivity index (χ1) is 13.4. The number of anilines is 2. The van der Waals surface area contributed by atoms with Crippen LogP contribution in [0.4, 0.5) is 15.8 Å². The van der Waals surface area contributed by atoms with Gasteiger partial charge in [-0.2, -0.15) is 5.10 Å². The number of rotatable bonds is 5. The molecule has 1 atom stereocenters. The van der Waals surface area contributed by atoms with E-state index in [9.17, 15) is 18.8 Å². The van der Waals surface area contributed by atoms with Crippen LogP contribution >= 0.6 is 0 Å². The third-order valence-corrected chi connectivity index (χ3v) is 4.24. The molecule has 1 heterocycles. The Kier molecular flexibility index (Phi) is 5.35. The first-order valence-corrected chi connectivity index (χ1v) is 8.44. The number of hydrogen-bond acceptors (Lipinski definition) is 5. The van der Waals surface area contributed by atoms with Crippen molar-refractivity contribution in [2.24, 2.45) is 10.8 Å². The maximum Gasteiger partial charge on any atom is 0.271 e. The van der Waals surface area contributed by atoms with Crippen molar-refractivity contribution in [3.8, 4) is 0 Å². The summed E-state index contributed by atoms with van der Waals surface area (Å²) in [5.41, 5.74) is 6.54. The van der Waals surface area contributed by atoms with E-state index in [-0.39, 0.29) is 18.0 Å². The third-order valence-electron chi connectivity index (χ3n) is 4.24. The van der Waals surface area contributed by atoms with Gasteiger partial charge < -0.3 is 16.4 Å². The number of primary amides is 1. The SMILES string of the molecule is CNC(=O)c1ccccc1NC(=O)C1=NN(c2ccc(F)cc2)[C@H](C(N)=O)C1. The van der Waals surface area contributed by atoms with Crippen molar-refractivity contribution in [1.29, 1.82) is 0 Å². The number of amides is 3. The smallest absolute Gasteiger partial charge is 0.271 e. The van der Waals surface area contributed by atoms with Gasteiger partial charge in [0, 0.05) is 13.5 Å². The van der Waals surface area contributed by atoms with Crippen molar-refractivity contribution < 1.29 is 18.8 Å². The summed E-state index contributed by atoms with van der Waals surface area (Å²) in [6.07, 6.45) is -0.0132. The highest BCUT2D eigenvalue weighted by Gasteiger charge is 2.35.